The molecule has 0 atom stereocenters. The molecule has 0 bridgehead atoms. The van der Waals surface area contributed by atoms with Crippen molar-refractivity contribution in [1.82, 2.24) is 9.97 Å². The van der Waals surface area contributed by atoms with Crippen molar-refractivity contribution in [3.05, 3.63) is 95.5 Å². The molecule has 0 radical (unpaired) electrons. The van der Waals surface area contributed by atoms with E-state index in [0.717, 1.165) is 0 Å². The van der Waals surface area contributed by atoms with Crippen molar-refractivity contribution in [2.75, 3.05) is 0 Å². The van der Waals surface area contributed by atoms with Crippen LogP contribution in [0.5, 0.6) is 0 Å². The van der Waals surface area contributed by atoms with Gasteiger partial charge >= 0.3 is 0 Å². The molecule has 0 amide bonds. The maximum atomic E-state index is 4.28. The van der Waals surface area contributed by atoms with Crippen LogP contribution in [0.4, 0.5) is 0 Å². The molecule has 3 rings (SSSR count). The Bertz CT molecular complexity index is 738. The number of H-pyrrole nitrogens is 1. The predicted molar refractivity (Wildman–Crippen MR) is 115 cm³/mol. The monoisotopic (exact) mass is 344 g/mol. The van der Waals surface area contributed by atoms with Crippen molar-refractivity contribution in [3.8, 4) is 0 Å². The molecule has 26 heavy (non-hydrogen) atoms. The summed E-state index contributed by atoms with van der Waals surface area (Å²) in [5, 5.41) is 0. The van der Waals surface area contributed by atoms with Gasteiger partial charge in [-0.3, -0.25) is 0 Å². The first-order valence-electron chi connectivity index (χ1n) is 9.34. The molecule has 0 saturated heterocycles. The average molecular weight is 344 g/mol. The van der Waals surface area contributed by atoms with Gasteiger partial charge in [0.25, 0.3) is 0 Å². The molecule has 3 aromatic rings. The van der Waals surface area contributed by atoms with Gasteiger partial charge in [-0.15, -0.1) is 5.98 Å². The molecule has 0 aliphatic rings. The SMILES string of the molecule is BC=C(c1ccccc1)c1ccccc1.CC(C)c1nc[nH]c1C(C)C. The molecule has 0 aliphatic carbocycles. The zero-order valence-electron chi connectivity index (χ0n) is 16.5. The highest BCUT2D eigenvalue weighted by Crippen LogP contribution is 2.22. The summed E-state index contributed by atoms with van der Waals surface area (Å²) in [6, 6.07) is 20.9. The van der Waals surface area contributed by atoms with Gasteiger partial charge in [0.05, 0.1) is 12.0 Å². The summed E-state index contributed by atoms with van der Waals surface area (Å²) in [5.41, 5.74) is 6.31. The zero-order valence-corrected chi connectivity index (χ0v) is 16.5. The quantitative estimate of drug-likeness (QED) is 0.634. The van der Waals surface area contributed by atoms with Crippen LogP contribution in [0.2, 0.25) is 0 Å². The van der Waals surface area contributed by atoms with Gasteiger partial charge in [-0.05, 0) is 28.5 Å². The number of nitrogens with one attached hydrogen (secondary N) is 1. The van der Waals surface area contributed by atoms with Gasteiger partial charge < -0.3 is 4.98 Å². The van der Waals surface area contributed by atoms with Crippen LogP contribution in [-0.2, 0) is 0 Å². The number of hydrogen-bond donors (Lipinski definition) is 1. The molecule has 0 unspecified atom stereocenters. The molecule has 2 nitrogen and oxygen atoms in total. The maximum absolute atomic E-state index is 4.28. The fourth-order valence-electron chi connectivity index (χ4n) is 2.97. The minimum Gasteiger partial charge on any atom is -0.348 e. The lowest BCUT2D eigenvalue weighted by atomic mass is 9.92. The van der Waals surface area contributed by atoms with Crippen LogP contribution < -0.4 is 0 Å². The molecule has 0 saturated carbocycles. The van der Waals surface area contributed by atoms with Gasteiger partial charge in [0.1, 0.15) is 7.85 Å². The highest BCUT2D eigenvalue weighted by molar-refractivity contribution is 6.21. The van der Waals surface area contributed by atoms with E-state index < -0.39 is 0 Å². The molecular weight excluding hydrogens is 315 g/mol. The minimum atomic E-state index is 0.527. The summed E-state index contributed by atoms with van der Waals surface area (Å²) in [7, 11) is 2.08. The summed E-state index contributed by atoms with van der Waals surface area (Å²) in [4.78, 5) is 7.46. The van der Waals surface area contributed by atoms with Gasteiger partial charge in [0, 0.05) is 5.69 Å². The lowest BCUT2D eigenvalue weighted by Gasteiger charge is -2.07. The van der Waals surface area contributed by atoms with Crippen LogP contribution >= 0.6 is 0 Å². The first kappa shape index (κ1) is 19.8. The van der Waals surface area contributed by atoms with Gasteiger partial charge in [-0.2, -0.15) is 0 Å². The fraction of sp³-hybridized carbons (Fsp3) is 0.261. The molecule has 134 valence electrons. The Kier molecular flexibility index (Phi) is 7.46. The summed E-state index contributed by atoms with van der Waals surface area (Å²) >= 11 is 0. The third kappa shape index (κ3) is 5.22. The third-order valence-electron chi connectivity index (χ3n) is 4.28. The third-order valence-corrected chi connectivity index (χ3v) is 4.28. The topological polar surface area (TPSA) is 28.7 Å². The maximum Gasteiger partial charge on any atom is 0.130 e. The van der Waals surface area contributed by atoms with E-state index in [4.69, 9.17) is 0 Å². The molecule has 0 spiro atoms. The molecule has 3 heteroatoms. The van der Waals surface area contributed by atoms with Crippen molar-refractivity contribution < 1.29 is 0 Å². The van der Waals surface area contributed by atoms with Crippen LogP contribution in [-0.4, -0.2) is 17.8 Å². The Labute approximate surface area is 158 Å². The lowest BCUT2D eigenvalue weighted by molar-refractivity contribution is 0.759. The van der Waals surface area contributed by atoms with Crippen molar-refractivity contribution >= 4 is 13.4 Å². The highest BCUT2D eigenvalue weighted by atomic mass is 14.9. The van der Waals surface area contributed by atoms with E-state index in [1.807, 2.05) is 12.1 Å². The summed E-state index contributed by atoms with van der Waals surface area (Å²) < 4.78 is 0. The second-order valence-electron chi connectivity index (χ2n) is 6.95. The number of hydrogen-bond acceptors (Lipinski definition) is 1. The van der Waals surface area contributed by atoms with Crippen LogP contribution in [0, 0.1) is 0 Å². The number of imidazole rings is 1. The normalized spacial score (nSPS) is 10.4. The standard InChI is InChI=1S/C14H13B.C9H16N2/c15-11-14(12-7-3-1-4-8-12)13-9-5-2-6-10-13;1-6(2)8-9(7(3)4)11-5-10-8/h1-11H,15H2;5-7H,1-4H3,(H,10,11). The van der Waals surface area contributed by atoms with Crippen molar-refractivity contribution in [1.29, 1.82) is 0 Å². The largest absolute Gasteiger partial charge is 0.348 e. The number of rotatable bonds is 4. The number of aromatic amines is 1. The van der Waals surface area contributed by atoms with E-state index in [9.17, 15) is 0 Å². The molecule has 2 aromatic carbocycles. The molecular formula is C23H29BN2. The van der Waals surface area contributed by atoms with E-state index in [-0.39, 0.29) is 0 Å². The van der Waals surface area contributed by atoms with Gasteiger partial charge in [0.2, 0.25) is 0 Å². The molecule has 0 fully saturated rings. The second-order valence-corrected chi connectivity index (χ2v) is 6.95. The van der Waals surface area contributed by atoms with Crippen LogP contribution in [0.15, 0.2) is 73.0 Å². The number of nitrogens with zero attached hydrogens (tertiary/aromatic N) is 1. The number of aromatic nitrogens is 2. The number of benzene rings is 2. The van der Waals surface area contributed by atoms with Gasteiger partial charge in [-0.25, -0.2) is 4.98 Å². The Morgan fingerprint density at radius 3 is 1.69 bits per heavy atom. The van der Waals surface area contributed by atoms with E-state index in [2.05, 4.69) is 100 Å². The second kappa shape index (κ2) is 9.81. The van der Waals surface area contributed by atoms with Gasteiger partial charge in [0.15, 0.2) is 0 Å². The van der Waals surface area contributed by atoms with Crippen molar-refractivity contribution in [3.63, 3.8) is 0 Å². The van der Waals surface area contributed by atoms with E-state index in [0.29, 0.717) is 11.8 Å². The van der Waals surface area contributed by atoms with E-state index in [1.54, 1.807) is 6.33 Å². The first-order valence-corrected chi connectivity index (χ1v) is 9.34. The Morgan fingerprint density at radius 1 is 0.846 bits per heavy atom. The molecule has 1 aromatic heterocycles. The Balaban J connectivity index is 0.000000197. The van der Waals surface area contributed by atoms with Crippen molar-refractivity contribution in [2.45, 2.75) is 39.5 Å². The van der Waals surface area contributed by atoms with Crippen LogP contribution in [0.25, 0.3) is 5.57 Å². The summed E-state index contributed by atoms with van der Waals surface area (Å²) in [6.07, 6.45) is 1.78. The molecule has 0 aliphatic heterocycles. The lowest BCUT2D eigenvalue weighted by Crippen LogP contribution is -1.96. The Morgan fingerprint density at radius 2 is 1.35 bits per heavy atom. The van der Waals surface area contributed by atoms with Crippen LogP contribution in [0.3, 0.4) is 0 Å². The first-order chi connectivity index (χ1) is 12.5. The molecule has 1 N–H and O–H groups in total. The zero-order chi connectivity index (χ0) is 18.9. The molecule has 1 heterocycles. The highest BCUT2D eigenvalue weighted by Gasteiger charge is 2.11. The Hall–Kier alpha value is -2.55. The minimum absolute atomic E-state index is 0.527. The fourth-order valence-corrected chi connectivity index (χ4v) is 2.97. The van der Waals surface area contributed by atoms with Crippen LogP contribution in [0.1, 0.15) is 62.0 Å². The smallest absolute Gasteiger partial charge is 0.130 e. The van der Waals surface area contributed by atoms with Crippen molar-refractivity contribution in [2.24, 2.45) is 0 Å². The average Bonchev–Trinajstić information content (AvgIpc) is 3.15. The summed E-state index contributed by atoms with van der Waals surface area (Å²) in [6.45, 7) is 8.70. The summed E-state index contributed by atoms with van der Waals surface area (Å²) in [5.74, 6) is 3.23. The van der Waals surface area contributed by atoms with Gasteiger partial charge in [-0.1, -0.05) is 88.4 Å². The van der Waals surface area contributed by atoms with E-state index >= 15 is 0 Å². The predicted octanol–water partition coefficient (Wildman–Crippen LogP) is 5.37. The van der Waals surface area contributed by atoms with E-state index in [1.165, 1.54) is 28.1 Å².